The van der Waals surface area contributed by atoms with Crippen molar-refractivity contribution in [1.82, 2.24) is 0 Å². The van der Waals surface area contributed by atoms with Crippen molar-refractivity contribution in [2.75, 3.05) is 6.61 Å². The molecule has 0 amide bonds. The largest absolute Gasteiger partial charge is 0.456 e. The van der Waals surface area contributed by atoms with Crippen molar-refractivity contribution in [1.29, 1.82) is 0 Å². The van der Waals surface area contributed by atoms with Gasteiger partial charge in [0.2, 0.25) is 0 Å². The van der Waals surface area contributed by atoms with E-state index < -0.39 is 48.9 Å². The van der Waals surface area contributed by atoms with E-state index in [4.69, 9.17) is 18.9 Å². The molecule has 1 saturated heterocycles. The van der Waals surface area contributed by atoms with Crippen molar-refractivity contribution in [2.24, 2.45) is 0 Å². The molecular formula is C12H17O8. The molecule has 1 heterocycles. The molecule has 0 aromatic rings. The predicted molar refractivity (Wildman–Crippen MR) is 62.9 cm³/mol. The van der Waals surface area contributed by atoms with Crippen LogP contribution in [0.3, 0.4) is 0 Å². The van der Waals surface area contributed by atoms with Crippen molar-refractivity contribution in [2.45, 2.75) is 45.2 Å². The van der Waals surface area contributed by atoms with E-state index >= 15 is 0 Å². The second kappa shape index (κ2) is 7.20. The first-order chi connectivity index (χ1) is 9.35. The van der Waals surface area contributed by atoms with Crippen LogP contribution < -0.4 is 0 Å². The van der Waals surface area contributed by atoms with E-state index in [1.54, 1.807) is 0 Å². The van der Waals surface area contributed by atoms with Crippen LogP contribution in [0.1, 0.15) is 20.8 Å². The Kier molecular flexibility index (Phi) is 5.90. The van der Waals surface area contributed by atoms with Gasteiger partial charge in [-0.1, -0.05) is 0 Å². The van der Waals surface area contributed by atoms with Gasteiger partial charge in [-0.2, -0.15) is 0 Å². The molecule has 0 spiro atoms. The van der Waals surface area contributed by atoms with E-state index in [2.05, 4.69) is 0 Å². The van der Waals surface area contributed by atoms with Gasteiger partial charge >= 0.3 is 17.9 Å². The third-order valence-electron chi connectivity index (χ3n) is 2.49. The summed E-state index contributed by atoms with van der Waals surface area (Å²) in [6, 6.07) is 0. The normalized spacial score (nSPS) is 29.4. The number of aliphatic hydroxyl groups excluding tert-OH is 1. The first-order valence-electron chi connectivity index (χ1n) is 5.96. The fourth-order valence-electron chi connectivity index (χ4n) is 1.83. The first-order valence-corrected chi connectivity index (χ1v) is 5.96. The average molecular weight is 289 g/mol. The number of esters is 3. The molecule has 20 heavy (non-hydrogen) atoms. The van der Waals surface area contributed by atoms with Crippen LogP contribution in [0.5, 0.6) is 0 Å². The van der Waals surface area contributed by atoms with Gasteiger partial charge in [-0.15, -0.1) is 0 Å². The lowest BCUT2D eigenvalue weighted by atomic mass is 9.99. The number of aliphatic hydroxyl groups is 1. The van der Waals surface area contributed by atoms with Gasteiger partial charge < -0.3 is 24.1 Å². The Labute approximate surface area is 115 Å². The van der Waals surface area contributed by atoms with Gasteiger partial charge in [-0.25, -0.2) is 0 Å². The zero-order valence-electron chi connectivity index (χ0n) is 11.4. The smallest absolute Gasteiger partial charge is 0.303 e. The Morgan fingerprint density at radius 2 is 1.50 bits per heavy atom. The SMILES string of the molecule is CC(=O)O[C@@H]1[C@H](OC(C)=O)[C@@H](OC(C)=O)[CH]O[C@@H]1CO. The topological polar surface area (TPSA) is 108 Å². The minimum Gasteiger partial charge on any atom is -0.456 e. The number of carbonyl (C=O) groups excluding carboxylic acids is 3. The maximum Gasteiger partial charge on any atom is 0.303 e. The predicted octanol–water partition coefficient (Wildman–Crippen LogP) is -0.666. The molecule has 0 saturated carbocycles. The van der Waals surface area contributed by atoms with Gasteiger partial charge in [0, 0.05) is 20.8 Å². The number of hydrogen-bond donors (Lipinski definition) is 1. The lowest BCUT2D eigenvalue weighted by molar-refractivity contribution is -0.216. The molecule has 1 rings (SSSR count). The molecule has 1 fully saturated rings. The van der Waals surface area contributed by atoms with Crippen LogP contribution >= 0.6 is 0 Å². The van der Waals surface area contributed by atoms with Gasteiger partial charge in [0.1, 0.15) is 12.7 Å². The molecule has 0 aliphatic carbocycles. The van der Waals surface area contributed by atoms with Gasteiger partial charge in [-0.3, -0.25) is 14.4 Å². The Hall–Kier alpha value is -1.67. The Bertz CT molecular complexity index is 380. The molecule has 0 aromatic carbocycles. The molecule has 113 valence electrons. The lowest BCUT2D eigenvalue weighted by Crippen LogP contribution is -2.56. The van der Waals surface area contributed by atoms with Gasteiger partial charge in [0.05, 0.1) is 6.61 Å². The summed E-state index contributed by atoms with van der Waals surface area (Å²) in [7, 11) is 0. The van der Waals surface area contributed by atoms with Crippen LogP contribution in [0.25, 0.3) is 0 Å². The molecule has 4 atom stereocenters. The van der Waals surface area contributed by atoms with Crippen LogP contribution in [0.2, 0.25) is 0 Å². The quantitative estimate of drug-likeness (QED) is 0.536. The zero-order valence-corrected chi connectivity index (χ0v) is 11.4. The van der Waals surface area contributed by atoms with Crippen molar-refractivity contribution in [3.63, 3.8) is 0 Å². The van der Waals surface area contributed by atoms with Crippen LogP contribution in [0, 0.1) is 6.61 Å². The van der Waals surface area contributed by atoms with E-state index in [0.717, 1.165) is 6.61 Å². The summed E-state index contributed by atoms with van der Waals surface area (Å²) in [5.74, 6) is -1.90. The van der Waals surface area contributed by atoms with Gasteiger partial charge in [0.25, 0.3) is 0 Å². The van der Waals surface area contributed by atoms with Crippen LogP contribution in [0.4, 0.5) is 0 Å². The number of carbonyl (C=O) groups is 3. The highest BCUT2D eigenvalue weighted by molar-refractivity contribution is 5.68. The zero-order chi connectivity index (χ0) is 15.3. The highest BCUT2D eigenvalue weighted by Crippen LogP contribution is 2.26. The Morgan fingerprint density at radius 1 is 1.00 bits per heavy atom. The molecule has 8 heteroatoms. The lowest BCUT2D eigenvalue weighted by Gasteiger charge is -2.39. The molecule has 1 radical (unpaired) electrons. The molecule has 1 aliphatic rings. The number of hydrogen-bond acceptors (Lipinski definition) is 8. The molecule has 0 aromatic heterocycles. The molecule has 0 bridgehead atoms. The van der Waals surface area contributed by atoms with Crippen molar-refractivity contribution < 1.29 is 38.4 Å². The van der Waals surface area contributed by atoms with E-state index in [9.17, 15) is 19.5 Å². The second-order valence-electron chi connectivity index (χ2n) is 4.22. The molecule has 1 aliphatic heterocycles. The van der Waals surface area contributed by atoms with Crippen LogP contribution in [-0.2, 0) is 33.3 Å². The van der Waals surface area contributed by atoms with Crippen molar-refractivity contribution in [3.05, 3.63) is 6.61 Å². The second-order valence-corrected chi connectivity index (χ2v) is 4.22. The Morgan fingerprint density at radius 3 is 1.95 bits per heavy atom. The Balaban J connectivity index is 2.95. The molecular weight excluding hydrogens is 272 g/mol. The highest BCUT2D eigenvalue weighted by Gasteiger charge is 2.46. The third kappa shape index (κ3) is 4.46. The van der Waals surface area contributed by atoms with Crippen LogP contribution in [-0.4, -0.2) is 54.0 Å². The number of ether oxygens (including phenoxy) is 4. The minimum atomic E-state index is -1.08. The van der Waals surface area contributed by atoms with E-state index in [-0.39, 0.29) is 0 Å². The van der Waals surface area contributed by atoms with Crippen LogP contribution in [0.15, 0.2) is 0 Å². The summed E-state index contributed by atoms with van der Waals surface area (Å²) in [5.41, 5.74) is 0. The van der Waals surface area contributed by atoms with Gasteiger partial charge in [-0.05, 0) is 0 Å². The van der Waals surface area contributed by atoms with E-state index in [0.29, 0.717) is 0 Å². The third-order valence-corrected chi connectivity index (χ3v) is 2.49. The monoisotopic (exact) mass is 289 g/mol. The van der Waals surface area contributed by atoms with E-state index in [1.807, 2.05) is 0 Å². The van der Waals surface area contributed by atoms with Crippen molar-refractivity contribution >= 4 is 17.9 Å². The summed E-state index contributed by atoms with van der Waals surface area (Å²) in [5, 5.41) is 9.21. The molecule has 0 unspecified atom stereocenters. The summed E-state index contributed by atoms with van der Waals surface area (Å²) >= 11 is 0. The summed E-state index contributed by atoms with van der Waals surface area (Å²) < 4.78 is 20.1. The fourth-order valence-corrected chi connectivity index (χ4v) is 1.83. The summed E-state index contributed by atoms with van der Waals surface area (Å²) in [6.07, 6.45) is -4.08. The fraction of sp³-hybridized carbons (Fsp3) is 0.667. The minimum absolute atomic E-state index is 0.459. The molecule has 1 N–H and O–H groups in total. The number of rotatable bonds is 4. The molecule has 8 nitrogen and oxygen atoms in total. The summed E-state index contributed by atoms with van der Waals surface area (Å²) in [6.45, 7) is 4.18. The average Bonchev–Trinajstić information content (AvgIpc) is 2.31. The maximum atomic E-state index is 11.1. The highest BCUT2D eigenvalue weighted by atomic mass is 16.6. The van der Waals surface area contributed by atoms with E-state index in [1.165, 1.54) is 20.8 Å². The maximum absolute atomic E-state index is 11.1. The summed E-state index contributed by atoms with van der Waals surface area (Å²) in [4.78, 5) is 33.3. The van der Waals surface area contributed by atoms with Crippen molar-refractivity contribution in [3.8, 4) is 0 Å². The van der Waals surface area contributed by atoms with Gasteiger partial charge in [0.15, 0.2) is 18.3 Å². The standard InChI is InChI=1S/C12H17O8/c1-6(14)18-10-5-17-9(4-13)11(19-7(2)15)12(10)20-8(3)16/h5,9-13H,4H2,1-3H3/t9-,10+,11+,12-/m1/s1. The first kappa shape index (κ1) is 16.4.